The van der Waals surface area contributed by atoms with E-state index in [4.69, 9.17) is 9.47 Å². The SMILES string of the molecule is CCCCCCCCC(CCCCCC)CNC(=O)CCCCCCN(CCO)CCN(CCCCC(COC(=O)CCCCCCC)COC(=O)CCCCCCC)C1CCCC1. The monoisotopic (exact) mass is 906 g/mol. The fourth-order valence-corrected chi connectivity index (χ4v) is 9.51. The van der Waals surface area contributed by atoms with Gasteiger partial charge in [0.1, 0.15) is 0 Å². The van der Waals surface area contributed by atoms with Crippen LogP contribution in [-0.4, -0.2) is 97.9 Å². The van der Waals surface area contributed by atoms with E-state index in [1.54, 1.807) is 0 Å². The minimum atomic E-state index is -0.128. The molecule has 9 nitrogen and oxygen atoms in total. The van der Waals surface area contributed by atoms with E-state index in [9.17, 15) is 19.5 Å². The van der Waals surface area contributed by atoms with Crippen LogP contribution in [-0.2, 0) is 23.9 Å². The van der Waals surface area contributed by atoms with Gasteiger partial charge < -0.3 is 19.9 Å². The first-order valence-electron chi connectivity index (χ1n) is 28.0. The molecule has 1 fully saturated rings. The lowest BCUT2D eigenvalue weighted by atomic mass is 9.94. The second-order valence-electron chi connectivity index (χ2n) is 19.8. The van der Waals surface area contributed by atoms with Crippen molar-refractivity contribution in [1.29, 1.82) is 0 Å². The number of ether oxygens (including phenoxy) is 2. The maximum atomic E-state index is 12.8. The number of unbranched alkanes of at least 4 members (excludes halogenated alkanes) is 20. The molecule has 0 bridgehead atoms. The predicted octanol–water partition coefficient (Wildman–Crippen LogP) is 13.5. The Hall–Kier alpha value is -1.71. The van der Waals surface area contributed by atoms with Crippen LogP contribution in [0.5, 0.6) is 0 Å². The van der Waals surface area contributed by atoms with Crippen molar-refractivity contribution in [1.82, 2.24) is 15.1 Å². The third kappa shape index (κ3) is 36.4. The number of aliphatic hydroxyl groups excluding tert-OH is 1. The summed E-state index contributed by atoms with van der Waals surface area (Å²) >= 11 is 0. The van der Waals surface area contributed by atoms with Crippen LogP contribution in [0.25, 0.3) is 0 Å². The minimum Gasteiger partial charge on any atom is -0.465 e. The van der Waals surface area contributed by atoms with Crippen molar-refractivity contribution in [2.75, 3.05) is 59.1 Å². The van der Waals surface area contributed by atoms with Gasteiger partial charge in [0.25, 0.3) is 0 Å². The summed E-state index contributed by atoms with van der Waals surface area (Å²) in [5, 5.41) is 13.2. The van der Waals surface area contributed by atoms with E-state index in [0.29, 0.717) is 51.0 Å². The highest BCUT2D eigenvalue weighted by Crippen LogP contribution is 2.25. The standard InChI is InChI=1S/C55H107N3O6/c1-5-9-13-17-20-24-34-50(33-23-16-12-8-4)47-56-53(60)38-25-21-22-31-41-57(45-46-59)43-44-58(52-36-28-29-37-52)42-32-30-35-51(48-63-54(61)39-26-18-14-10-6-2)49-64-55(62)40-27-19-15-11-7-3/h50-52,59H,5-49H2,1-4H3,(H,56,60). The highest BCUT2D eigenvalue weighted by molar-refractivity contribution is 5.75. The normalized spacial score (nSPS) is 13.7. The Bertz CT molecular complexity index is 1020. The van der Waals surface area contributed by atoms with Gasteiger partial charge in [-0.25, -0.2) is 0 Å². The highest BCUT2D eigenvalue weighted by atomic mass is 16.5. The zero-order valence-corrected chi connectivity index (χ0v) is 42.9. The number of aliphatic hydroxyl groups is 1. The number of nitrogens with zero attached hydrogens (tertiary/aromatic N) is 2. The lowest BCUT2D eigenvalue weighted by molar-refractivity contribution is -0.149. The quantitative estimate of drug-likeness (QED) is 0.0459. The molecule has 0 aromatic carbocycles. The van der Waals surface area contributed by atoms with Gasteiger partial charge in [-0.2, -0.15) is 0 Å². The van der Waals surface area contributed by atoms with Crippen molar-refractivity contribution in [2.45, 2.75) is 265 Å². The largest absolute Gasteiger partial charge is 0.465 e. The van der Waals surface area contributed by atoms with Crippen LogP contribution in [0.2, 0.25) is 0 Å². The van der Waals surface area contributed by atoms with Gasteiger partial charge in [-0.3, -0.25) is 24.2 Å². The van der Waals surface area contributed by atoms with Gasteiger partial charge in [0.15, 0.2) is 0 Å². The highest BCUT2D eigenvalue weighted by Gasteiger charge is 2.23. The fourth-order valence-electron chi connectivity index (χ4n) is 9.51. The third-order valence-corrected chi connectivity index (χ3v) is 13.8. The molecule has 0 aromatic rings. The summed E-state index contributed by atoms with van der Waals surface area (Å²) in [4.78, 5) is 43.1. The number of hydrogen-bond acceptors (Lipinski definition) is 8. The van der Waals surface area contributed by atoms with Crippen LogP contribution in [0.15, 0.2) is 0 Å². The van der Waals surface area contributed by atoms with Gasteiger partial charge in [0.05, 0.1) is 19.8 Å². The Morgan fingerprint density at radius 3 is 1.48 bits per heavy atom. The summed E-state index contributed by atoms with van der Waals surface area (Å²) in [6.45, 7) is 15.3. The van der Waals surface area contributed by atoms with Gasteiger partial charge in [-0.1, -0.05) is 175 Å². The second kappa shape index (κ2) is 45.1. The molecule has 0 aliphatic heterocycles. The summed E-state index contributed by atoms with van der Waals surface area (Å²) in [5.41, 5.74) is 0. The predicted molar refractivity (Wildman–Crippen MR) is 270 cm³/mol. The van der Waals surface area contributed by atoms with Gasteiger partial charge in [0.2, 0.25) is 5.91 Å². The van der Waals surface area contributed by atoms with Crippen molar-refractivity contribution in [3.8, 4) is 0 Å². The van der Waals surface area contributed by atoms with E-state index in [0.717, 1.165) is 103 Å². The van der Waals surface area contributed by atoms with E-state index < -0.39 is 0 Å². The molecule has 64 heavy (non-hydrogen) atoms. The Labute approximate surface area is 396 Å². The Morgan fingerprint density at radius 1 is 0.500 bits per heavy atom. The molecule has 1 rings (SSSR count). The summed E-state index contributed by atoms with van der Waals surface area (Å²) in [5.74, 6) is 0.620. The van der Waals surface area contributed by atoms with Crippen LogP contribution in [0.3, 0.4) is 0 Å². The molecular formula is C55H107N3O6. The molecule has 1 aliphatic rings. The summed E-state index contributed by atoms with van der Waals surface area (Å²) in [6, 6.07) is 0.626. The van der Waals surface area contributed by atoms with Crippen LogP contribution in [0.1, 0.15) is 259 Å². The molecule has 0 aromatic heterocycles. The molecule has 0 heterocycles. The van der Waals surface area contributed by atoms with Crippen LogP contribution in [0, 0.1) is 11.8 Å². The molecule has 1 amide bonds. The molecule has 0 spiro atoms. The lowest BCUT2D eigenvalue weighted by Gasteiger charge is -2.32. The van der Waals surface area contributed by atoms with E-state index in [-0.39, 0.29) is 30.4 Å². The molecule has 0 saturated heterocycles. The number of hydrogen-bond donors (Lipinski definition) is 2. The zero-order chi connectivity index (χ0) is 46.6. The van der Waals surface area contributed by atoms with Crippen molar-refractivity contribution < 1.29 is 29.0 Å². The second-order valence-corrected chi connectivity index (χ2v) is 19.8. The fraction of sp³-hybridized carbons (Fsp3) is 0.945. The zero-order valence-electron chi connectivity index (χ0n) is 42.9. The van der Waals surface area contributed by atoms with Crippen molar-refractivity contribution in [3.63, 3.8) is 0 Å². The van der Waals surface area contributed by atoms with E-state index in [1.165, 1.54) is 141 Å². The summed E-state index contributed by atoms with van der Waals surface area (Å²) in [6.07, 6.45) is 40.6. The van der Waals surface area contributed by atoms with Crippen LogP contribution < -0.4 is 5.32 Å². The number of nitrogens with one attached hydrogen (secondary N) is 1. The maximum absolute atomic E-state index is 12.8. The number of amides is 1. The molecule has 378 valence electrons. The number of rotatable bonds is 48. The Morgan fingerprint density at radius 2 is 0.938 bits per heavy atom. The molecule has 1 aliphatic carbocycles. The van der Waals surface area contributed by atoms with Crippen LogP contribution >= 0.6 is 0 Å². The van der Waals surface area contributed by atoms with Gasteiger partial charge in [-0.15, -0.1) is 0 Å². The topological polar surface area (TPSA) is 108 Å². The third-order valence-electron chi connectivity index (χ3n) is 13.8. The minimum absolute atomic E-state index is 0.0274. The first-order chi connectivity index (χ1) is 31.4. The van der Waals surface area contributed by atoms with E-state index in [2.05, 4.69) is 42.8 Å². The van der Waals surface area contributed by atoms with Crippen LogP contribution in [0.4, 0.5) is 0 Å². The first kappa shape index (κ1) is 60.3. The molecule has 1 unspecified atom stereocenters. The van der Waals surface area contributed by atoms with Gasteiger partial charge in [-0.05, 0) is 83.2 Å². The number of esters is 2. The van der Waals surface area contributed by atoms with Crippen molar-refractivity contribution in [2.24, 2.45) is 11.8 Å². The molecule has 2 N–H and O–H groups in total. The molecule has 1 saturated carbocycles. The molecular weight excluding hydrogens is 799 g/mol. The first-order valence-corrected chi connectivity index (χ1v) is 28.0. The summed E-state index contributed by atoms with van der Waals surface area (Å²) in [7, 11) is 0. The average molecular weight is 906 g/mol. The Balaban J connectivity index is 2.53. The molecule has 0 radical (unpaired) electrons. The smallest absolute Gasteiger partial charge is 0.305 e. The van der Waals surface area contributed by atoms with Crippen molar-refractivity contribution in [3.05, 3.63) is 0 Å². The average Bonchev–Trinajstić information content (AvgIpc) is 3.84. The molecule has 1 atom stereocenters. The Kier molecular flexibility index (Phi) is 42.5. The van der Waals surface area contributed by atoms with E-state index >= 15 is 0 Å². The maximum Gasteiger partial charge on any atom is 0.305 e. The number of carbonyl (C=O) groups is 3. The van der Waals surface area contributed by atoms with E-state index in [1.807, 2.05) is 0 Å². The van der Waals surface area contributed by atoms with Crippen molar-refractivity contribution >= 4 is 17.8 Å². The molecule has 9 heteroatoms. The van der Waals surface area contributed by atoms with Gasteiger partial charge in [0, 0.05) is 57.4 Å². The lowest BCUT2D eigenvalue weighted by Crippen LogP contribution is -2.41. The number of carbonyl (C=O) groups excluding carboxylic acids is 3. The van der Waals surface area contributed by atoms with Gasteiger partial charge >= 0.3 is 11.9 Å². The summed E-state index contributed by atoms with van der Waals surface area (Å²) < 4.78 is 11.5.